The Kier molecular flexibility index (Phi) is 4.83. The molecule has 0 aliphatic rings. The van der Waals surface area contributed by atoms with Crippen molar-refractivity contribution in [2.24, 2.45) is 0 Å². The van der Waals surface area contributed by atoms with E-state index in [0.717, 1.165) is 36.3 Å². The number of halogens is 1. The second kappa shape index (κ2) is 5.92. The lowest BCUT2D eigenvalue weighted by atomic mass is 9.75. The number of hydrogen-bond acceptors (Lipinski definition) is 1. The minimum absolute atomic E-state index is 0.325. The summed E-state index contributed by atoms with van der Waals surface area (Å²) in [6.07, 6.45) is 3.88. The van der Waals surface area contributed by atoms with Crippen LogP contribution in [0.25, 0.3) is 0 Å². The molecule has 2 heteroatoms. The smallest absolute Gasteiger partial charge is 0.0822 e. The van der Waals surface area contributed by atoms with Gasteiger partial charge in [-0.15, -0.1) is 0 Å². The van der Waals surface area contributed by atoms with Crippen molar-refractivity contribution >= 4 is 11.6 Å². The zero-order chi connectivity index (χ0) is 12.0. The number of rotatable bonds is 5. The monoisotopic (exact) mass is 235 g/mol. The van der Waals surface area contributed by atoms with Gasteiger partial charge in [-0.1, -0.05) is 50.4 Å². The molecule has 0 amide bonds. The predicted molar refractivity (Wildman–Crippen MR) is 68.6 cm³/mol. The average molecular weight is 236 g/mol. The average Bonchev–Trinajstić information content (AvgIpc) is 2.29. The van der Waals surface area contributed by atoms with Gasteiger partial charge in [0.15, 0.2) is 0 Å². The highest BCUT2D eigenvalue weighted by atomic mass is 35.5. The molecule has 86 valence electrons. The summed E-state index contributed by atoms with van der Waals surface area (Å²) in [5.74, 6) is 0. The van der Waals surface area contributed by atoms with Gasteiger partial charge >= 0.3 is 0 Å². The first-order chi connectivity index (χ1) is 7.68. The van der Waals surface area contributed by atoms with Gasteiger partial charge in [-0.05, 0) is 30.5 Å². The van der Waals surface area contributed by atoms with Crippen molar-refractivity contribution in [3.63, 3.8) is 0 Å². The standard InChI is InChI=1S/C14H18ClN/c1-3-9-14(11-16,10-4-2)12-5-7-13(15)8-6-12/h5-8H,3-4,9-10H2,1-2H3. The molecule has 0 unspecified atom stereocenters. The quantitative estimate of drug-likeness (QED) is 0.726. The van der Waals surface area contributed by atoms with Gasteiger partial charge in [0.2, 0.25) is 0 Å². The summed E-state index contributed by atoms with van der Waals surface area (Å²) >= 11 is 5.88. The number of hydrogen-bond donors (Lipinski definition) is 0. The largest absolute Gasteiger partial charge is 0.197 e. The fourth-order valence-corrected chi connectivity index (χ4v) is 2.34. The van der Waals surface area contributed by atoms with Crippen LogP contribution >= 0.6 is 11.6 Å². The highest BCUT2D eigenvalue weighted by Gasteiger charge is 2.30. The Morgan fingerprint density at radius 2 is 1.62 bits per heavy atom. The van der Waals surface area contributed by atoms with E-state index in [1.165, 1.54) is 0 Å². The summed E-state index contributed by atoms with van der Waals surface area (Å²) in [5.41, 5.74) is 0.775. The Labute approximate surface area is 103 Å². The van der Waals surface area contributed by atoms with Crippen LogP contribution in [0.2, 0.25) is 5.02 Å². The maximum absolute atomic E-state index is 9.48. The molecule has 0 aliphatic heterocycles. The lowest BCUT2D eigenvalue weighted by Gasteiger charge is -2.26. The molecule has 1 aromatic carbocycles. The Balaban J connectivity index is 3.09. The first-order valence-electron chi connectivity index (χ1n) is 5.86. The van der Waals surface area contributed by atoms with E-state index in [1.54, 1.807) is 0 Å². The van der Waals surface area contributed by atoms with Crippen molar-refractivity contribution in [3.8, 4) is 6.07 Å². The van der Waals surface area contributed by atoms with E-state index in [-0.39, 0.29) is 5.41 Å². The Morgan fingerprint density at radius 1 is 1.12 bits per heavy atom. The number of nitriles is 1. The third-order valence-electron chi connectivity index (χ3n) is 2.96. The van der Waals surface area contributed by atoms with Crippen LogP contribution in [-0.2, 0) is 5.41 Å². The summed E-state index contributed by atoms with van der Waals surface area (Å²) in [7, 11) is 0. The SMILES string of the molecule is CCCC(C#N)(CCC)c1ccc(Cl)cc1. The number of nitrogens with zero attached hydrogens (tertiary/aromatic N) is 1. The van der Waals surface area contributed by atoms with Crippen molar-refractivity contribution in [2.45, 2.75) is 44.9 Å². The predicted octanol–water partition coefficient (Wildman–Crippen LogP) is 4.70. The van der Waals surface area contributed by atoms with E-state index in [0.29, 0.717) is 0 Å². The van der Waals surface area contributed by atoms with Crippen molar-refractivity contribution < 1.29 is 0 Å². The van der Waals surface area contributed by atoms with Gasteiger partial charge in [0.05, 0.1) is 11.5 Å². The molecule has 0 radical (unpaired) electrons. The van der Waals surface area contributed by atoms with E-state index < -0.39 is 0 Å². The third-order valence-corrected chi connectivity index (χ3v) is 3.22. The van der Waals surface area contributed by atoms with Crippen molar-refractivity contribution in [1.29, 1.82) is 5.26 Å². The van der Waals surface area contributed by atoms with Crippen LogP contribution in [0.15, 0.2) is 24.3 Å². The molecule has 0 aromatic heterocycles. The van der Waals surface area contributed by atoms with E-state index in [9.17, 15) is 5.26 Å². The molecule has 0 saturated carbocycles. The Hall–Kier alpha value is -1.00. The maximum atomic E-state index is 9.48. The van der Waals surface area contributed by atoms with Crippen LogP contribution < -0.4 is 0 Å². The highest BCUT2D eigenvalue weighted by molar-refractivity contribution is 6.30. The molecule has 0 fully saturated rings. The summed E-state index contributed by atoms with van der Waals surface area (Å²) in [6.45, 7) is 4.25. The molecule has 16 heavy (non-hydrogen) atoms. The van der Waals surface area contributed by atoms with Gasteiger partial charge in [-0.25, -0.2) is 0 Å². The topological polar surface area (TPSA) is 23.8 Å². The maximum Gasteiger partial charge on any atom is 0.0822 e. The Bertz CT molecular complexity index is 355. The second-order valence-corrected chi connectivity index (χ2v) is 4.64. The lowest BCUT2D eigenvalue weighted by molar-refractivity contribution is 0.453. The molecule has 0 aliphatic carbocycles. The van der Waals surface area contributed by atoms with Gasteiger partial charge in [-0.3, -0.25) is 0 Å². The van der Waals surface area contributed by atoms with E-state index in [2.05, 4.69) is 19.9 Å². The van der Waals surface area contributed by atoms with Gasteiger partial charge in [0.1, 0.15) is 0 Å². The van der Waals surface area contributed by atoms with Crippen LogP contribution in [0, 0.1) is 11.3 Å². The second-order valence-electron chi connectivity index (χ2n) is 4.20. The summed E-state index contributed by atoms with van der Waals surface area (Å²) in [6, 6.07) is 10.2. The molecule has 1 rings (SSSR count). The van der Waals surface area contributed by atoms with Crippen LogP contribution in [0.1, 0.15) is 45.1 Å². The zero-order valence-corrected chi connectivity index (χ0v) is 10.7. The molecule has 0 spiro atoms. The third kappa shape index (κ3) is 2.77. The van der Waals surface area contributed by atoms with Crippen molar-refractivity contribution in [3.05, 3.63) is 34.9 Å². The fourth-order valence-electron chi connectivity index (χ4n) is 2.21. The molecule has 0 saturated heterocycles. The van der Waals surface area contributed by atoms with Crippen molar-refractivity contribution in [2.75, 3.05) is 0 Å². The van der Waals surface area contributed by atoms with Crippen LogP contribution in [0.4, 0.5) is 0 Å². The fraction of sp³-hybridized carbons (Fsp3) is 0.500. The van der Waals surface area contributed by atoms with Crippen LogP contribution in [0.5, 0.6) is 0 Å². The molecule has 0 N–H and O–H groups in total. The summed E-state index contributed by atoms with van der Waals surface area (Å²) < 4.78 is 0. The molecular weight excluding hydrogens is 218 g/mol. The first kappa shape index (κ1) is 13.1. The molecule has 0 heterocycles. The van der Waals surface area contributed by atoms with Crippen molar-refractivity contribution in [1.82, 2.24) is 0 Å². The van der Waals surface area contributed by atoms with Crippen LogP contribution in [-0.4, -0.2) is 0 Å². The molecule has 0 bridgehead atoms. The van der Waals surface area contributed by atoms with E-state index >= 15 is 0 Å². The molecular formula is C14H18ClN. The molecule has 1 aromatic rings. The zero-order valence-electron chi connectivity index (χ0n) is 9.96. The minimum atomic E-state index is -0.325. The van der Waals surface area contributed by atoms with Gasteiger partial charge in [-0.2, -0.15) is 5.26 Å². The minimum Gasteiger partial charge on any atom is -0.197 e. The molecule has 1 nitrogen and oxygen atoms in total. The number of benzene rings is 1. The first-order valence-corrected chi connectivity index (χ1v) is 6.23. The molecule has 0 atom stereocenters. The van der Waals surface area contributed by atoms with E-state index in [1.807, 2.05) is 24.3 Å². The lowest BCUT2D eigenvalue weighted by Crippen LogP contribution is -2.23. The summed E-state index contributed by atoms with van der Waals surface area (Å²) in [4.78, 5) is 0. The van der Waals surface area contributed by atoms with Crippen LogP contribution in [0.3, 0.4) is 0 Å². The van der Waals surface area contributed by atoms with Gasteiger partial charge in [0.25, 0.3) is 0 Å². The Morgan fingerprint density at radius 3 is 2.00 bits per heavy atom. The normalized spacial score (nSPS) is 11.1. The van der Waals surface area contributed by atoms with Gasteiger partial charge in [0, 0.05) is 5.02 Å². The van der Waals surface area contributed by atoms with E-state index in [4.69, 9.17) is 11.6 Å². The summed E-state index contributed by atoms with van der Waals surface area (Å²) in [5, 5.41) is 10.2. The van der Waals surface area contributed by atoms with Gasteiger partial charge < -0.3 is 0 Å². The highest BCUT2D eigenvalue weighted by Crippen LogP contribution is 2.34.